The molecule has 51 heavy (non-hydrogen) atoms. The highest BCUT2D eigenvalue weighted by Gasteiger charge is 2.82. The maximum Gasteiger partial charge on any atom is 0.239 e. The van der Waals surface area contributed by atoms with Crippen LogP contribution in [0.15, 0.2) is 164 Å². The highest BCUT2D eigenvalue weighted by molar-refractivity contribution is 6.39. The van der Waals surface area contributed by atoms with Crippen LogP contribution >= 0.6 is 0 Å². The Morgan fingerprint density at radius 1 is 0.431 bits per heavy atom. The van der Waals surface area contributed by atoms with Crippen LogP contribution in [-0.4, -0.2) is 17.6 Å². The van der Waals surface area contributed by atoms with Crippen LogP contribution in [0.3, 0.4) is 0 Å². The summed E-state index contributed by atoms with van der Waals surface area (Å²) in [6.45, 7) is 4.08. The molecule has 246 valence electrons. The molecule has 2 bridgehead atoms. The minimum atomic E-state index is -1.44. The summed E-state index contributed by atoms with van der Waals surface area (Å²) in [6.07, 6.45) is 0. The van der Waals surface area contributed by atoms with E-state index in [1.807, 2.05) is 129 Å². The van der Waals surface area contributed by atoms with Gasteiger partial charge < -0.3 is 0 Å². The van der Waals surface area contributed by atoms with Crippen molar-refractivity contribution in [3.8, 4) is 11.1 Å². The predicted octanol–water partition coefficient (Wildman–Crippen LogP) is 9.16. The standard InChI is InChI=1S/C47H35NO3/c1-30-22-26-33(27-23-30)39-40(34-28-24-31(2)25-29-34)47(36-18-10-5-11-19-36)42-41(46(39,45(47)51)35-16-8-4-9-17-35)43(49)48(44(42)50)38-21-13-12-20-37(38)32-14-6-3-7-15-32/h3-29,41-42H,1-2H3/t41-,42-,46+,47+/m0/s1. The van der Waals surface area contributed by atoms with Gasteiger partial charge in [-0.25, -0.2) is 4.90 Å². The van der Waals surface area contributed by atoms with Crippen LogP contribution in [-0.2, 0) is 25.2 Å². The van der Waals surface area contributed by atoms with Gasteiger partial charge in [0.1, 0.15) is 0 Å². The van der Waals surface area contributed by atoms with Crippen LogP contribution in [0.25, 0.3) is 22.3 Å². The van der Waals surface area contributed by atoms with E-state index in [0.29, 0.717) is 5.69 Å². The Bertz CT molecular complexity index is 2250. The molecule has 4 heteroatoms. The number of hydrogen-bond acceptors (Lipinski definition) is 3. The number of anilines is 1. The van der Waals surface area contributed by atoms with E-state index in [4.69, 9.17) is 0 Å². The number of ketones is 1. The molecule has 1 saturated heterocycles. The highest BCUT2D eigenvalue weighted by Crippen LogP contribution is 2.74. The van der Waals surface area contributed by atoms with Crippen LogP contribution < -0.4 is 4.90 Å². The van der Waals surface area contributed by atoms with Crippen molar-refractivity contribution in [2.75, 3.05) is 4.90 Å². The molecule has 2 fully saturated rings. The van der Waals surface area contributed by atoms with E-state index in [-0.39, 0.29) is 17.6 Å². The quantitative estimate of drug-likeness (QED) is 0.167. The Morgan fingerprint density at radius 2 is 0.824 bits per heavy atom. The van der Waals surface area contributed by atoms with Gasteiger partial charge in [0.15, 0.2) is 5.78 Å². The average Bonchev–Trinajstić information content (AvgIpc) is 3.68. The van der Waals surface area contributed by atoms with Crippen molar-refractivity contribution in [3.63, 3.8) is 0 Å². The van der Waals surface area contributed by atoms with E-state index in [1.54, 1.807) is 0 Å². The fraction of sp³-hybridized carbons (Fsp3) is 0.128. The number of carbonyl (C=O) groups is 3. The highest BCUT2D eigenvalue weighted by atomic mass is 16.2. The second kappa shape index (κ2) is 11.5. The van der Waals surface area contributed by atoms with E-state index in [9.17, 15) is 0 Å². The maximum absolute atomic E-state index is 16.2. The largest absolute Gasteiger partial charge is 0.297 e. The third kappa shape index (κ3) is 4.11. The van der Waals surface area contributed by atoms with Gasteiger partial charge in [0.2, 0.25) is 11.8 Å². The lowest BCUT2D eigenvalue weighted by Crippen LogP contribution is -2.45. The first kappa shape index (κ1) is 30.9. The Hall–Kier alpha value is -6.13. The minimum absolute atomic E-state index is 0.119. The topological polar surface area (TPSA) is 54.5 Å². The number of nitrogens with zero attached hydrogens (tertiary/aromatic N) is 1. The van der Waals surface area contributed by atoms with Gasteiger partial charge in [-0.3, -0.25) is 14.4 Å². The molecule has 0 radical (unpaired) electrons. The molecule has 2 amide bonds. The molecule has 1 saturated carbocycles. The minimum Gasteiger partial charge on any atom is -0.297 e. The fourth-order valence-corrected chi connectivity index (χ4v) is 9.33. The maximum atomic E-state index is 16.2. The van der Waals surface area contributed by atoms with Gasteiger partial charge in [0, 0.05) is 5.56 Å². The Morgan fingerprint density at radius 3 is 1.27 bits per heavy atom. The first-order valence-corrected chi connectivity index (χ1v) is 17.5. The van der Waals surface area contributed by atoms with Gasteiger partial charge >= 0.3 is 0 Å². The van der Waals surface area contributed by atoms with Crippen LogP contribution in [0.4, 0.5) is 5.69 Å². The summed E-state index contributed by atoms with van der Waals surface area (Å²) < 4.78 is 0. The lowest BCUT2D eigenvalue weighted by molar-refractivity contribution is -0.130. The Labute approximate surface area is 297 Å². The van der Waals surface area contributed by atoms with Crippen molar-refractivity contribution in [3.05, 3.63) is 197 Å². The number of rotatable bonds is 6. The van der Waals surface area contributed by atoms with Gasteiger partial charge in [-0.2, -0.15) is 0 Å². The second-order valence-electron chi connectivity index (χ2n) is 14.0. The molecule has 1 aliphatic heterocycles. The zero-order chi connectivity index (χ0) is 34.9. The zero-order valence-corrected chi connectivity index (χ0v) is 28.4. The summed E-state index contributed by atoms with van der Waals surface area (Å²) in [5.74, 6) is -2.78. The number of allylic oxidation sites excluding steroid dienone is 2. The molecular formula is C47H35NO3. The van der Waals surface area contributed by atoms with Gasteiger partial charge in [-0.1, -0.05) is 169 Å². The van der Waals surface area contributed by atoms with Gasteiger partial charge in [-0.05, 0) is 58.9 Å². The molecule has 1 heterocycles. The molecule has 2 aliphatic carbocycles. The smallest absolute Gasteiger partial charge is 0.239 e. The first-order chi connectivity index (χ1) is 24.9. The number of imide groups is 1. The monoisotopic (exact) mass is 661 g/mol. The lowest BCUT2D eigenvalue weighted by Gasteiger charge is -2.39. The normalized spacial score (nSPS) is 23.6. The molecule has 4 nitrogen and oxygen atoms in total. The van der Waals surface area contributed by atoms with Crippen LogP contribution in [0.1, 0.15) is 33.4 Å². The number of carbonyl (C=O) groups excluding carboxylic acids is 3. The summed E-state index contributed by atoms with van der Waals surface area (Å²) in [5.41, 5.74) is 6.28. The molecule has 0 spiro atoms. The van der Waals surface area contributed by atoms with Crippen molar-refractivity contribution >= 4 is 34.4 Å². The molecular weight excluding hydrogens is 627 g/mol. The number of amides is 2. The molecule has 3 aliphatic rings. The summed E-state index contributed by atoms with van der Waals surface area (Å²) >= 11 is 0. The number of fused-ring (bicyclic) bond motifs is 5. The number of benzene rings is 6. The summed E-state index contributed by atoms with van der Waals surface area (Å²) in [7, 11) is 0. The fourth-order valence-electron chi connectivity index (χ4n) is 9.33. The van der Waals surface area contributed by atoms with E-state index >= 15 is 14.4 Å². The summed E-state index contributed by atoms with van der Waals surface area (Å²) in [5, 5.41) is 0. The third-order valence-electron chi connectivity index (χ3n) is 11.4. The van der Waals surface area contributed by atoms with Crippen LogP contribution in [0.2, 0.25) is 0 Å². The van der Waals surface area contributed by atoms with Crippen molar-refractivity contribution in [1.29, 1.82) is 0 Å². The van der Waals surface area contributed by atoms with Gasteiger partial charge in [-0.15, -0.1) is 0 Å². The summed E-state index contributed by atoms with van der Waals surface area (Å²) in [6, 6.07) is 53.3. The SMILES string of the molecule is Cc1ccc(C2=C(c3ccc(C)cc3)[C@@]3(c4ccccc4)C(=O)[C@@]2(c2ccccc2)[C@@H]2C(=O)N(c4ccccc4-c4ccccc4)C(=O)[C@H]23)cc1. The first-order valence-electron chi connectivity index (χ1n) is 17.5. The average molecular weight is 662 g/mol. The predicted molar refractivity (Wildman–Crippen MR) is 202 cm³/mol. The van der Waals surface area contributed by atoms with Crippen molar-refractivity contribution in [1.82, 2.24) is 0 Å². The van der Waals surface area contributed by atoms with Gasteiger partial charge in [0.25, 0.3) is 0 Å². The second-order valence-corrected chi connectivity index (χ2v) is 14.0. The molecule has 4 atom stereocenters. The Kier molecular flexibility index (Phi) is 6.94. The molecule has 0 aromatic heterocycles. The number of aryl methyl sites for hydroxylation is 2. The molecule has 0 unspecified atom stereocenters. The van der Waals surface area contributed by atoms with Crippen molar-refractivity contribution in [2.24, 2.45) is 11.8 Å². The van der Waals surface area contributed by atoms with E-state index in [1.165, 1.54) is 4.90 Å². The van der Waals surface area contributed by atoms with E-state index in [0.717, 1.165) is 55.7 Å². The van der Waals surface area contributed by atoms with Crippen molar-refractivity contribution in [2.45, 2.75) is 24.7 Å². The van der Waals surface area contributed by atoms with Gasteiger partial charge in [0.05, 0.1) is 28.4 Å². The molecule has 6 aromatic rings. The van der Waals surface area contributed by atoms with E-state index < -0.39 is 22.7 Å². The number of para-hydroxylation sites is 1. The van der Waals surface area contributed by atoms with Crippen LogP contribution in [0.5, 0.6) is 0 Å². The molecule has 9 rings (SSSR count). The molecule has 0 N–H and O–H groups in total. The Balaban J connectivity index is 1.42. The number of hydrogen-bond donors (Lipinski definition) is 0. The van der Waals surface area contributed by atoms with Crippen molar-refractivity contribution < 1.29 is 14.4 Å². The molecule has 6 aromatic carbocycles. The van der Waals surface area contributed by atoms with E-state index in [2.05, 4.69) is 48.5 Å². The summed E-state index contributed by atoms with van der Waals surface area (Å²) in [4.78, 5) is 48.6. The third-order valence-corrected chi connectivity index (χ3v) is 11.4. The zero-order valence-electron chi connectivity index (χ0n) is 28.4. The number of Topliss-reactive ketones (excluding diaryl/α,β-unsaturated/α-hetero) is 1. The lowest BCUT2D eigenvalue weighted by atomic mass is 9.59. The van der Waals surface area contributed by atoms with Crippen LogP contribution in [0, 0.1) is 25.7 Å².